The van der Waals surface area contributed by atoms with E-state index in [9.17, 15) is 0 Å². The fraction of sp³-hybridized carbons (Fsp3) is 0.750. The van der Waals surface area contributed by atoms with Gasteiger partial charge in [0.1, 0.15) is 0 Å². The molecule has 1 aliphatic rings. The molecule has 18 heavy (non-hydrogen) atoms. The van der Waals surface area contributed by atoms with Crippen LogP contribution in [0.15, 0.2) is 6.07 Å². The van der Waals surface area contributed by atoms with Gasteiger partial charge in [0.05, 0.1) is 0 Å². The van der Waals surface area contributed by atoms with Crippen LogP contribution in [0.4, 0.5) is 0 Å². The molecule has 0 saturated heterocycles. The molecule has 1 saturated carbocycles. The van der Waals surface area contributed by atoms with E-state index in [1.165, 1.54) is 42.5 Å². The van der Waals surface area contributed by atoms with Crippen LogP contribution in [-0.4, -0.2) is 7.05 Å². The van der Waals surface area contributed by atoms with Crippen LogP contribution >= 0.6 is 11.3 Å². The molecule has 1 heterocycles. The summed E-state index contributed by atoms with van der Waals surface area (Å²) in [6.07, 6.45) is 7.03. The number of hydrogen-bond donors (Lipinski definition) is 1. The van der Waals surface area contributed by atoms with E-state index in [2.05, 4.69) is 39.2 Å². The quantitative estimate of drug-likeness (QED) is 0.821. The Bertz CT molecular complexity index is 363. The van der Waals surface area contributed by atoms with E-state index in [0.717, 1.165) is 11.8 Å². The summed E-state index contributed by atoms with van der Waals surface area (Å²) in [5, 5.41) is 3.60. The predicted molar refractivity (Wildman–Crippen MR) is 81.3 cm³/mol. The minimum atomic E-state index is 0.577. The SMILES string of the molecule is CCC1CCCCC1C(NC)c1cc(C)c(C)s1. The molecule has 0 radical (unpaired) electrons. The van der Waals surface area contributed by atoms with Crippen molar-refractivity contribution in [3.8, 4) is 0 Å². The fourth-order valence-corrected chi connectivity index (χ4v) is 4.73. The van der Waals surface area contributed by atoms with Crippen molar-refractivity contribution in [3.05, 3.63) is 21.4 Å². The Morgan fingerprint density at radius 3 is 2.61 bits per heavy atom. The lowest BCUT2D eigenvalue weighted by atomic mass is 9.73. The maximum atomic E-state index is 3.60. The summed E-state index contributed by atoms with van der Waals surface area (Å²) in [5.74, 6) is 1.75. The van der Waals surface area contributed by atoms with Gasteiger partial charge in [-0.15, -0.1) is 11.3 Å². The molecular formula is C16H27NS. The fourth-order valence-electron chi connectivity index (χ4n) is 3.50. The summed E-state index contributed by atoms with van der Waals surface area (Å²) in [6.45, 7) is 6.84. The van der Waals surface area contributed by atoms with E-state index < -0.39 is 0 Å². The standard InChI is InChI=1S/C16H27NS/c1-5-13-8-6-7-9-14(13)16(17-4)15-10-11(2)12(3)18-15/h10,13-14,16-17H,5-9H2,1-4H3. The Balaban J connectivity index is 2.21. The Morgan fingerprint density at radius 2 is 2.06 bits per heavy atom. The van der Waals surface area contributed by atoms with Gasteiger partial charge >= 0.3 is 0 Å². The topological polar surface area (TPSA) is 12.0 Å². The van der Waals surface area contributed by atoms with E-state index >= 15 is 0 Å². The van der Waals surface area contributed by atoms with Gasteiger partial charge in [0.2, 0.25) is 0 Å². The molecule has 1 aromatic heterocycles. The highest BCUT2D eigenvalue weighted by Crippen LogP contribution is 2.42. The van der Waals surface area contributed by atoms with Crippen LogP contribution in [0, 0.1) is 25.7 Å². The predicted octanol–water partition coefficient (Wildman–Crippen LogP) is 4.84. The van der Waals surface area contributed by atoms with Gasteiger partial charge in [-0.25, -0.2) is 0 Å². The lowest BCUT2D eigenvalue weighted by Crippen LogP contribution is -2.32. The molecule has 3 unspecified atom stereocenters. The third-order valence-corrected chi connectivity index (χ3v) is 5.96. The first-order valence-corrected chi connectivity index (χ1v) is 8.23. The first-order chi connectivity index (χ1) is 8.67. The molecule has 0 aromatic carbocycles. The average molecular weight is 265 g/mol. The van der Waals surface area contributed by atoms with E-state index in [0.29, 0.717) is 6.04 Å². The van der Waals surface area contributed by atoms with Crippen LogP contribution in [0.25, 0.3) is 0 Å². The number of rotatable bonds is 4. The molecule has 0 bridgehead atoms. The van der Waals surface area contributed by atoms with Gasteiger partial charge in [0.25, 0.3) is 0 Å². The summed E-state index contributed by atoms with van der Waals surface area (Å²) in [5.41, 5.74) is 1.46. The maximum Gasteiger partial charge on any atom is 0.0443 e. The van der Waals surface area contributed by atoms with Crippen molar-refractivity contribution >= 4 is 11.3 Å². The van der Waals surface area contributed by atoms with Crippen molar-refractivity contribution in [2.45, 2.75) is 58.9 Å². The van der Waals surface area contributed by atoms with Crippen molar-refractivity contribution in [2.75, 3.05) is 7.05 Å². The van der Waals surface area contributed by atoms with Gasteiger partial charge in [-0.3, -0.25) is 0 Å². The number of thiophene rings is 1. The number of aryl methyl sites for hydroxylation is 2. The molecular weight excluding hydrogens is 238 g/mol. The second kappa shape index (κ2) is 6.21. The Kier molecular flexibility index (Phi) is 4.85. The average Bonchev–Trinajstić information content (AvgIpc) is 2.71. The molecule has 1 aromatic rings. The van der Waals surface area contributed by atoms with Crippen LogP contribution < -0.4 is 5.32 Å². The highest BCUT2D eigenvalue weighted by molar-refractivity contribution is 7.12. The van der Waals surface area contributed by atoms with Gasteiger partial charge in [0, 0.05) is 15.8 Å². The third-order valence-electron chi connectivity index (χ3n) is 4.72. The normalized spacial score (nSPS) is 26.2. The molecule has 0 aliphatic heterocycles. The van der Waals surface area contributed by atoms with E-state index in [4.69, 9.17) is 0 Å². The molecule has 2 heteroatoms. The monoisotopic (exact) mass is 265 g/mol. The van der Waals surface area contributed by atoms with Crippen molar-refractivity contribution in [2.24, 2.45) is 11.8 Å². The highest BCUT2D eigenvalue weighted by Gasteiger charge is 2.31. The summed E-state index contributed by atoms with van der Waals surface area (Å²) in [6, 6.07) is 2.98. The largest absolute Gasteiger partial charge is 0.312 e. The first-order valence-electron chi connectivity index (χ1n) is 7.41. The van der Waals surface area contributed by atoms with Gasteiger partial charge in [-0.05, 0) is 50.8 Å². The summed E-state index contributed by atoms with van der Waals surface area (Å²) >= 11 is 1.99. The van der Waals surface area contributed by atoms with E-state index in [1.54, 1.807) is 4.88 Å². The molecule has 1 aliphatic carbocycles. The van der Waals surface area contributed by atoms with Crippen molar-refractivity contribution in [1.82, 2.24) is 5.32 Å². The van der Waals surface area contributed by atoms with Crippen LogP contribution in [0.5, 0.6) is 0 Å². The van der Waals surface area contributed by atoms with Gasteiger partial charge in [-0.2, -0.15) is 0 Å². The third kappa shape index (κ3) is 2.80. The molecule has 102 valence electrons. The summed E-state index contributed by atoms with van der Waals surface area (Å²) in [7, 11) is 2.14. The number of nitrogens with one attached hydrogen (secondary N) is 1. The van der Waals surface area contributed by atoms with Gasteiger partial charge in [-0.1, -0.05) is 32.6 Å². The van der Waals surface area contributed by atoms with Crippen LogP contribution in [0.2, 0.25) is 0 Å². The van der Waals surface area contributed by atoms with Crippen LogP contribution in [0.3, 0.4) is 0 Å². The molecule has 1 fully saturated rings. The Labute approximate surface area is 116 Å². The minimum absolute atomic E-state index is 0.577. The highest BCUT2D eigenvalue weighted by atomic mass is 32.1. The Hall–Kier alpha value is -0.340. The zero-order chi connectivity index (χ0) is 13.1. The Morgan fingerprint density at radius 1 is 1.33 bits per heavy atom. The van der Waals surface area contributed by atoms with Crippen molar-refractivity contribution < 1.29 is 0 Å². The van der Waals surface area contributed by atoms with E-state index in [1.807, 2.05) is 11.3 Å². The van der Waals surface area contributed by atoms with E-state index in [-0.39, 0.29) is 0 Å². The summed E-state index contributed by atoms with van der Waals surface area (Å²) in [4.78, 5) is 3.03. The smallest absolute Gasteiger partial charge is 0.0443 e. The second-order valence-electron chi connectivity index (χ2n) is 5.77. The first kappa shape index (κ1) is 14.1. The molecule has 2 rings (SSSR count). The maximum absolute atomic E-state index is 3.60. The molecule has 1 N–H and O–H groups in total. The molecule has 3 atom stereocenters. The second-order valence-corrected chi connectivity index (χ2v) is 7.06. The lowest BCUT2D eigenvalue weighted by molar-refractivity contribution is 0.182. The molecule has 0 amide bonds. The van der Waals surface area contributed by atoms with Crippen molar-refractivity contribution in [1.29, 1.82) is 0 Å². The number of hydrogen-bond acceptors (Lipinski definition) is 2. The van der Waals surface area contributed by atoms with Crippen molar-refractivity contribution in [3.63, 3.8) is 0 Å². The van der Waals surface area contributed by atoms with Crippen LogP contribution in [-0.2, 0) is 0 Å². The molecule has 1 nitrogen and oxygen atoms in total. The van der Waals surface area contributed by atoms with Gasteiger partial charge in [0.15, 0.2) is 0 Å². The zero-order valence-corrected chi connectivity index (χ0v) is 13.1. The zero-order valence-electron chi connectivity index (χ0n) is 12.3. The van der Waals surface area contributed by atoms with Crippen LogP contribution in [0.1, 0.15) is 60.4 Å². The minimum Gasteiger partial charge on any atom is -0.312 e. The molecule has 0 spiro atoms. The lowest BCUT2D eigenvalue weighted by Gasteiger charge is -2.36. The van der Waals surface area contributed by atoms with Gasteiger partial charge < -0.3 is 5.32 Å². The summed E-state index contributed by atoms with van der Waals surface area (Å²) < 4.78 is 0.